The van der Waals surface area contributed by atoms with E-state index in [0.29, 0.717) is 28.8 Å². The average molecular weight is 296 g/mol. The Bertz CT molecular complexity index is 583. The molecule has 0 saturated heterocycles. The van der Waals surface area contributed by atoms with Gasteiger partial charge in [0.2, 0.25) is 11.8 Å². The number of nitrogens with one attached hydrogen (secondary N) is 1. The van der Waals surface area contributed by atoms with E-state index in [0.717, 1.165) is 0 Å². The predicted molar refractivity (Wildman–Crippen MR) is 71.9 cm³/mol. The van der Waals surface area contributed by atoms with E-state index in [1.165, 1.54) is 0 Å². The van der Waals surface area contributed by atoms with Crippen molar-refractivity contribution in [2.24, 2.45) is 0 Å². The highest BCUT2D eigenvalue weighted by atomic mass is 35.5. The summed E-state index contributed by atoms with van der Waals surface area (Å²) in [6, 6.07) is 6.40. The molecule has 1 aromatic heterocycles. The van der Waals surface area contributed by atoms with Crippen molar-refractivity contribution in [2.75, 3.05) is 0 Å². The molecule has 1 heterocycles. The number of carbonyl (C=O) groups excluding carboxylic acids is 1. The summed E-state index contributed by atoms with van der Waals surface area (Å²) in [5.41, 5.74) is 0.465. The van der Waals surface area contributed by atoms with Gasteiger partial charge in [0, 0.05) is 11.4 Å². The number of amides is 1. The van der Waals surface area contributed by atoms with Crippen LogP contribution in [0.5, 0.6) is 0 Å². The van der Waals surface area contributed by atoms with Gasteiger partial charge in [0.25, 0.3) is 5.91 Å². The maximum Gasteiger partial charge on any atom is 0.253 e. The maximum atomic E-state index is 11.8. The summed E-state index contributed by atoms with van der Waals surface area (Å²) in [4.78, 5) is 11.8. The quantitative estimate of drug-likeness (QED) is 0.875. The van der Waals surface area contributed by atoms with Crippen LogP contribution in [0.15, 0.2) is 28.7 Å². The van der Waals surface area contributed by atoms with Gasteiger partial charge >= 0.3 is 0 Å². The van der Waals surface area contributed by atoms with Crippen molar-refractivity contribution in [3.8, 4) is 0 Å². The topological polar surface area (TPSA) is 88.2 Å². The zero-order valence-electron chi connectivity index (χ0n) is 10.8. The number of aromatic nitrogens is 2. The molecular formula is C13H14ClN3O3. The van der Waals surface area contributed by atoms with Crippen LogP contribution < -0.4 is 5.32 Å². The van der Waals surface area contributed by atoms with Gasteiger partial charge in [-0.05, 0) is 17.7 Å². The van der Waals surface area contributed by atoms with Crippen LogP contribution in [0.4, 0.5) is 0 Å². The molecule has 20 heavy (non-hydrogen) atoms. The molecule has 2 aromatic rings. The van der Waals surface area contributed by atoms with Crippen molar-refractivity contribution >= 4 is 17.5 Å². The minimum absolute atomic E-state index is 0.0798. The molecule has 1 unspecified atom stereocenters. The Hall–Kier alpha value is -1.92. The molecule has 1 aromatic carbocycles. The lowest BCUT2D eigenvalue weighted by Crippen LogP contribution is -2.28. The largest absolute Gasteiger partial charge is 0.423 e. The molecular weight excluding hydrogens is 282 g/mol. The molecule has 0 aliphatic rings. The fourth-order valence-electron chi connectivity index (χ4n) is 1.56. The van der Waals surface area contributed by atoms with Crippen LogP contribution in [0, 0.1) is 0 Å². The van der Waals surface area contributed by atoms with Crippen LogP contribution in [0.3, 0.4) is 0 Å². The molecule has 7 heteroatoms. The zero-order valence-corrected chi connectivity index (χ0v) is 11.6. The Morgan fingerprint density at radius 1 is 1.35 bits per heavy atom. The highest BCUT2D eigenvalue weighted by Gasteiger charge is 2.17. The Balaban J connectivity index is 1.92. The first-order valence-corrected chi connectivity index (χ1v) is 6.50. The maximum absolute atomic E-state index is 11.8. The van der Waals surface area contributed by atoms with E-state index >= 15 is 0 Å². The van der Waals surface area contributed by atoms with Gasteiger partial charge in [-0.3, -0.25) is 4.79 Å². The van der Waals surface area contributed by atoms with E-state index in [1.54, 1.807) is 24.3 Å². The second kappa shape index (κ2) is 6.49. The van der Waals surface area contributed by atoms with Gasteiger partial charge in [-0.15, -0.1) is 10.2 Å². The Kier molecular flexibility index (Phi) is 4.70. The normalized spacial score (nSPS) is 12.2. The van der Waals surface area contributed by atoms with Gasteiger partial charge < -0.3 is 14.8 Å². The van der Waals surface area contributed by atoms with Crippen molar-refractivity contribution in [1.29, 1.82) is 0 Å². The number of carbonyl (C=O) groups is 1. The summed E-state index contributed by atoms with van der Waals surface area (Å²) in [6.45, 7) is 1.97. The van der Waals surface area contributed by atoms with Gasteiger partial charge in [-0.1, -0.05) is 30.7 Å². The number of benzene rings is 1. The fraction of sp³-hybridized carbons (Fsp3) is 0.308. The summed E-state index contributed by atoms with van der Waals surface area (Å²) < 4.78 is 5.25. The molecule has 2 rings (SSSR count). The summed E-state index contributed by atoms with van der Waals surface area (Å²) in [5.74, 6) is 0.273. The Morgan fingerprint density at radius 2 is 2.00 bits per heavy atom. The molecule has 6 nitrogen and oxygen atoms in total. The first-order valence-electron chi connectivity index (χ1n) is 6.12. The van der Waals surface area contributed by atoms with Crippen LogP contribution in [0.1, 0.15) is 30.4 Å². The van der Waals surface area contributed by atoms with E-state index in [4.69, 9.17) is 16.0 Å². The lowest BCUT2D eigenvalue weighted by Gasteiger charge is -2.10. The van der Waals surface area contributed by atoms with E-state index in [-0.39, 0.29) is 6.54 Å². The van der Waals surface area contributed by atoms with Crippen LogP contribution >= 0.6 is 11.6 Å². The average Bonchev–Trinajstić information content (AvgIpc) is 2.93. The van der Waals surface area contributed by atoms with Crippen LogP contribution in [-0.2, 0) is 17.8 Å². The molecule has 1 atom stereocenters. The highest BCUT2D eigenvalue weighted by molar-refractivity contribution is 6.30. The second-order valence-electron chi connectivity index (χ2n) is 4.11. The van der Waals surface area contributed by atoms with Crippen LogP contribution in [-0.4, -0.2) is 21.2 Å². The fourth-order valence-corrected chi connectivity index (χ4v) is 1.68. The first-order chi connectivity index (χ1) is 9.60. The SMILES string of the molecule is CCc1nnc(CNC(=O)C(O)c2ccc(Cl)cc2)o1. The van der Waals surface area contributed by atoms with E-state index in [9.17, 15) is 9.90 Å². The molecule has 1 amide bonds. The molecule has 2 N–H and O–H groups in total. The molecule has 0 saturated carbocycles. The molecule has 0 fully saturated rings. The third kappa shape index (κ3) is 3.55. The monoisotopic (exact) mass is 295 g/mol. The lowest BCUT2D eigenvalue weighted by atomic mass is 10.1. The van der Waals surface area contributed by atoms with Crippen LogP contribution in [0.25, 0.3) is 0 Å². The molecule has 0 spiro atoms. The molecule has 0 aliphatic carbocycles. The van der Waals surface area contributed by atoms with E-state index in [1.807, 2.05) is 6.92 Å². The summed E-state index contributed by atoms with van der Waals surface area (Å²) in [7, 11) is 0. The van der Waals surface area contributed by atoms with Gasteiger partial charge in [0.1, 0.15) is 0 Å². The minimum Gasteiger partial charge on any atom is -0.423 e. The number of aryl methyl sites for hydroxylation is 1. The third-order valence-electron chi connectivity index (χ3n) is 2.66. The molecule has 0 bridgehead atoms. The highest BCUT2D eigenvalue weighted by Crippen LogP contribution is 2.16. The number of halogens is 1. The third-order valence-corrected chi connectivity index (χ3v) is 2.91. The molecule has 106 valence electrons. The first kappa shape index (κ1) is 14.5. The van der Waals surface area contributed by atoms with E-state index in [2.05, 4.69) is 15.5 Å². The lowest BCUT2D eigenvalue weighted by molar-refractivity contribution is -0.129. The Labute approximate surface area is 120 Å². The van der Waals surface area contributed by atoms with Crippen molar-refractivity contribution in [3.05, 3.63) is 46.6 Å². The van der Waals surface area contributed by atoms with Crippen molar-refractivity contribution in [2.45, 2.75) is 26.0 Å². The molecule has 0 radical (unpaired) electrons. The van der Waals surface area contributed by atoms with E-state index < -0.39 is 12.0 Å². The minimum atomic E-state index is -1.26. The molecule has 0 aliphatic heterocycles. The number of aliphatic hydroxyl groups excluding tert-OH is 1. The standard InChI is InChI=1S/C13H14ClN3O3/c1-2-10-16-17-11(20-10)7-15-13(19)12(18)8-3-5-9(14)6-4-8/h3-6,12,18H,2,7H2,1H3,(H,15,19). The van der Waals surface area contributed by atoms with Crippen LogP contribution in [0.2, 0.25) is 5.02 Å². The van der Waals surface area contributed by atoms with Crippen molar-refractivity contribution in [1.82, 2.24) is 15.5 Å². The van der Waals surface area contributed by atoms with Crippen molar-refractivity contribution < 1.29 is 14.3 Å². The smallest absolute Gasteiger partial charge is 0.253 e. The van der Waals surface area contributed by atoms with Gasteiger partial charge in [0.05, 0.1) is 6.54 Å². The van der Waals surface area contributed by atoms with Gasteiger partial charge in [0.15, 0.2) is 6.10 Å². The van der Waals surface area contributed by atoms with Gasteiger partial charge in [-0.25, -0.2) is 0 Å². The summed E-state index contributed by atoms with van der Waals surface area (Å²) in [5, 5.41) is 20.5. The number of hydrogen-bond acceptors (Lipinski definition) is 5. The number of rotatable bonds is 5. The zero-order chi connectivity index (χ0) is 14.5. The summed E-state index contributed by atoms with van der Waals surface area (Å²) in [6.07, 6.45) is -0.630. The van der Waals surface area contributed by atoms with Crippen molar-refractivity contribution in [3.63, 3.8) is 0 Å². The number of nitrogens with zero attached hydrogens (tertiary/aromatic N) is 2. The summed E-state index contributed by atoms with van der Waals surface area (Å²) >= 11 is 5.74. The Morgan fingerprint density at radius 3 is 2.60 bits per heavy atom. The predicted octanol–water partition coefficient (Wildman–Crippen LogP) is 1.64. The van der Waals surface area contributed by atoms with Gasteiger partial charge in [-0.2, -0.15) is 0 Å². The number of aliphatic hydroxyl groups is 1. The second-order valence-corrected chi connectivity index (χ2v) is 4.55. The number of hydrogen-bond donors (Lipinski definition) is 2.